The van der Waals surface area contributed by atoms with Crippen LogP contribution >= 0.6 is 0 Å². The van der Waals surface area contributed by atoms with Gasteiger partial charge in [-0.25, -0.2) is 0 Å². The third-order valence-corrected chi connectivity index (χ3v) is 2.15. The molecule has 1 rings (SSSR count). The van der Waals surface area contributed by atoms with Gasteiger partial charge in [0.05, 0.1) is 12.6 Å². The number of benzene rings is 1. The Bertz CT molecular complexity index is 457. The minimum atomic E-state index is -4.79. The molecule has 2 unspecified atom stereocenters. The van der Waals surface area contributed by atoms with Crippen molar-refractivity contribution in [2.24, 2.45) is 5.11 Å². The average molecular weight is 277 g/mol. The predicted molar refractivity (Wildman–Crippen MR) is 58.1 cm³/mol. The summed E-state index contributed by atoms with van der Waals surface area (Å²) in [6.45, 7) is -0.349. The van der Waals surface area contributed by atoms with Gasteiger partial charge in [0.1, 0.15) is 11.9 Å². The van der Waals surface area contributed by atoms with Gasteiger partial charge in [-0.15, -0.1) is 13.2 Å². The van der Waals surface area contributed by atoms with Crippen LogP contribution < -0.4 is 4.74 Å². The summed E-state index contributed by atoms with van der Waals surface area (Å²) in [6.07, 6.45) is -7.50. The first-order valence-electron chi connectivity index (χ1n) is 5.06. The highest BCUT2D eigenvalue weighted by molar-refractivity contribution is 5.29. The van der Waals surface area contributed by atoms with Gasteiger partial charge >= 0.3 is 6.36 Å². The zero-order valence-electron chi connectivity index (χ0n) is 9.45. The lowest BCUT2D eigenvalue weighted by Gasteiger charge is -2.16. The zero-order chi connectivity index (χ0) is 14.5. The van der Waals surface area contributed by atoms with Crippen LogP contribution in [0.5, 0.6) is 5.75 Å². The van der Waals surface area contributed by atoms with Crippen molar-refractivity contribution in [2.45, 2.75) is 18.6 Å². The molecule has 0 saturated carbocycles. The summed E-state index contributed by atoms with van der Waals surface area (Å²) >= 11 is 0. The van der Waals surface area contributed by atoms with Gasteiger partial charge in [-0.1, -0.05) is 17.2 Å². The summed E-state index contributed by atoms with van der Waals surface area (Å²) in [4.78, 5) is 2.42. The molecular formula is C10H10F3N3O3. The van der Waals surface area contributed by atoms with Crippen LogP contribution in [0, 0.1) is 0 Å². The molecule has 0 heterocycles. The van der Waals surface area contributed by atoms with Crippen LogP contribution in [-0.4, -0.2) is 29.2 Å². The van der Waals surface area contributed by atoms with E-state index in [9.17, 15) is 23.4 Å². The highest BCUT2D eigenvalue weighted by atomic mass is 19.4. The minimum Gasteiger partial charge on any atom is -0.406 e. The summed E-state index contributed by atoms with van der Waals surface area (Å²) in [7, 11) is 0. The fourth-order valence-corrected chi connectivity index (χ4v) is 1.31. The van der Waals surface area contributed by atoms with Crippen molar-refractivity contribution in [3.63, 3.8) is 0 Å². The summed E-state index contributed by atoms with van der Waals surface area (Å²) in [5, 5.41) is 22.2. The number of hydrogen-bond donors (Lipinski definition) is 2. The van der Waals surface area contributed by atoms with E-state index in [1.54, 1.807) is 0 Å². The molecule has 0 aliphatic rings. The Morgan fingerprint density at radius 1 is 1.26 bits per heavy atom. The van der Waals surface area contributed by atoms with Gasteiger partial charge in [0.2, 0.25) is 0 Å². The number of halogens is 3. The molecule has 0 amide bonds. The number of rotatable bonds is 5. The number of ether oxygens (including phenoxy) is 1. The van der Waals surface area contributed by atoms with Gasteiger partial charge in [0.15, 0.2) is 0 Å². The van der Waals surface area contributed by atoms with E-state index in [0.717, 1.165) is 12.1 Å². The lowest BCUT2D eigenvalue weighted by atomic mass is 10.0. The lowest BCUT2D eigenvalue weighted by Crippen LogP contribution is -2.21. The fourth-order valence-electron chi connectivity index (χ4n) is 1.31. The average Bonchev–Trinajstić information content (AvgIpc) is 2.34. The van der Waals surface area contributed by atoms with Crippen LogP contribution in [0.3, 0.4) is 0 Å². The second kappa shape index (κ2) is 6.28. The number of aliphatic hydroxyl groups is 2. The lowest BCUT2D eigenvalue weighted by molar-refractivity contribution is -0.274. The van der Waals surface area contributed by atoms with Crippen LogP contribution in [0.2, 0.25) is 0 Å². The molecule has 6 nitrogen and oxygen atoms in total. The minimum absolute atomic E-state index is 0.176. The molecule has 0 bridgehead atoms. The van der Waals surface area contributed by atoms with Crippen molar-refractivity contribution in [2.75, 3.05) is 6.54 Å². The largest absolute Gasteiger partial charge is 0.573 e. The summed E-state index contributed by atoms with van der Waals surface area (Å²) in [5.41, 5.74) is 8.23. The number of nitrogens with zero attached hydrogens (tertiary/aromatic N) is 3. The van der Waals surface area contributed by atoms with E-state index in [2.05, 4.69) is 14.8 Å². The SMILES string of the molecule is [N-]=[N+]=NCC(O)C(O)c1ccc(OC(F)(F)F)cc1. The Hall–Kier alpha value is -1.96. The Labute approximate surface area is 105 Å². The van der Waals surface area contributed by atoms with Gasteiger partial charge < -0.3 is 14.9 Å². The molecule has 9 heteroatoms. The quantitative estimate of drug-likeness (QED) is 0.490. The molecule has 0 spiro atoms. The monoisotopic (exact) mass is 277 g/mol. The normalized spacial score (nSPS) is 14.4. The van der Waals surface area contributed by atoms with Crippen LogP contribution in [-0.2, 0) is 0 Å². The van der Waals surface area contributed by atoms with Gasteiger partial charge in [0.25, 0.3) is 0 Å². The molecule has 1 aromatic rings. The van der Waals surface area contributed by atoms with Crippen LogP contribution in [0.4, 0.5) is 13.2 Å². The maximum absolute atomic E-state index is 11.9. The second-order valence-corrected chi connectivity index (χ2v) is 3.54. The van der Waals surface area contributed by atoms with Crippen LogP contribution in [0.25, 0.3) is 10.4 Å². The van der Waals surface area contributed by atoms with E-state index in [0.29, 0.717) is 0 Å². The molecule has 2 atom stereocenters. The first-order chi connectivity index (χ1) is 8.83. The third kappa shape index (κ3) is 5.04. The fraction of sp³-hybridized carbons (Fsp3) is 0.400. The van der Waals surface area contributed by atoms with E-state index in [-0.39, 0.29) is 12.1 Å². The Balaban J connectivity index is 2.72. The van der Waals surface area contributed by atoms with Crippen molar-refractivity contribution < 1.29 is 28.1 Å². The third-order valence-electron chi connectivity index (χ3n) is 2.15. The highest BCUT2D eigenvalue weighted by Gasteiger charge is 2.31. The standard InChI is InChI=1S/C10H10F3N3O3/c11-10(12,13)19-7-3-1-6(2-4-7)9(18)8(17)5-15-16-14/h1-4,8-9,17-18H,5H2. The maximum Gasteiger partial charge on any atom is 0.573 e. The van der Waals surface area contributed by atoms with Gasteiger partial charge in [-0.2, -0.15) is 0 Å². The molecule has 0 aliphatic carbocycles. The van der Waals surface area contributed by atoms with E-state index < -0.39 is 24.3 Å². The van der Waals surface area contributed by atoms with Crippen molar-refractivity contribution in [3.05, 3.63) is 40.3 Å². The summed E-state index contributed by atoms with van der Waals surface area (Å²) in [5.74, 6) is -0.437. The van der Waals surface area contributed by atoms with Crippen molar-refractivity contribution in [1.29, 1.82) is 0 Å². The van der Waals surface area contributed by atoms with Crippen molar-refractivity contribution >= 4 is 0 Å². The van der Waals surface area contributed by atoms with E-state index >= 15 is 0 Å². The molecule has 19 heavy (non-hydrogen) atoms. The molecule has 104 valence electrons. The zero-order valence-corrected chi connectivity index (χ0v) is 9.45. The molecule has 2 N–H and O–H groups in total. The van der Waals surface area contributed by atoms with E-state index in [1.165, 1.54) is 12.1 Å². The second-order valence-electron chi connectivity index (χ2n) is 3.54. The van der Waals surface area contributed by atoms with Crippen molar-refractivity contribution in [3.8, 4) is 5.75 Å². The Morgan fingerprint density at radius 2 is 1.84 bits per heavy atom. The molecular weight excluding hydrogens is 267 g/mol. The number of hydrogen-bond acceptors (Lipinski definition) is 4. The maximum atomic E-state index is 11.9. The number of azide groups is 1. The first kappa shape index (κ1) is 15.1. The van der Waals surface area contributed by atoms with E-state index in [1.807, 2.05) is 0 Å². The number of aliphatic hydroxyl groups excluding tert-OH is 2. The molecule has 0 radical (unpaired) electrons. The topological polar surface area (TPSA) is 98.5 Å². The Kier molecular flexibility index (Phi) is 4.99. The molecule has 0 saturated heterocycles. The van der Waals surface area contributed by atoms with Gasteiger partial charge in [-0.3, -0.25) is 0 Å². The molecule has 0 aliphatic heterocycles. The molecule has 0 fully saturated rings. The summed E-state index contributed by atoms with van der Waals surface area (Å²) in [6, 6.07) is 4.36. The van der Waals surface area contributed by atoms with E-state index in [4.69, 9.17) is 5.53 Å². The smallest absolute Gasteiger partial charge is 0.406 e. The van der Waals surface area contributed by atoms with Crippen LogP contribution in [0.1, 0.15) is 11.7 Å². The van der Waals surface area contributed by atoms with Gasteiger partial charge in [-0.05, 0) is 23.2 Å². The summed E-state index contributed by atoms with van der Waals surface area (Å²) < 4.78 is 39.4. The predicted octanol–water partition coefficient (Wildman–Crippen LogP) is 2.29. The first-order valence-corrected chi connectivity index (χ1v) is 5.06. The highest BCUT2D eigenvalue weighted by Crippen LogP contribution is 2.25. The Morgan fingerprint density at radius 3 is 2.32 bits per heavy atom. The molecule has 1 aromatic carbocycles. The van der Waals surface area contributed by atoms with Gasteiger partial charge in [0, 0.05) is 4.91 Å². The number of alkyl halides is 3. The van der Waals surface area contributed by atoms with Crippen LogP contribution in [0.15, 0.2) is 29.4 Å². The molecule has 0 aromatic heterocycles. The van der Waals surface area contributed by atoms with Crippen molar-refractivity contribution in [1.82, 2.24) is 0 Å².